The first-order valence-corrected chi connectivity index (χ1v) is 8.19. The van der Waals surface area contributed by atoms with Crippen molar-refractivity contribution in [2.75, 3.05) is 0 Å². The predicted molar refractivity (Wildman–Crippen MR) is 89.9 cm³/mol. The summed E-state index contributed by atoms with van der Waals surface area (Å²) in [7, 11) is 0. The second-order valence-electron chi connectivity index (χ2n) is 5.16. The van der Waals surface area contributed by atoms with Crippen molar-refractivity contribution in [1.82, 2.24) is 25.2 Å². The van der Waals surface area contributed by atoms with Gasteiger partial charge in [0.1, 0.15) is 17.4 Å². The van der Waals surface area contributed by atoms with E-state index in [2.05, 4.69) is 20.4 Å². The van der Waals surface area contributed by atoms with Crippen LogP contribution in [-0.4, -0.2) is 25.2 Å². The molecule has 5 nitrogen and oxygen atoms in total. The first-order valence-electron chi connectivity index (χ1n) is 7.31. The lowest BCUT2D eigenvalue weighted by Gasteiger charge is -1.96. The molecule has 4 rings (SSSR count). The van der Waals surface area contributed by atoms with E-state index in [1.807, 2.05) is 35.7 Å². The fourth-order valence-corrected chi connectivity index (χ4v) is 3.08. The highest BCUT2D eigenvalue weighted by molar-refractivity contribution is 7.13. The summed E-state index contributed by atoms with van der Waals surface area (Å²) < 4.78 is 13.0. The zero-order valence-electron chi connectivity index (χ0n) is 12.5. The van der Waals surface area contributed by atoms with Gasteiger partial charge in [0.05, 0.1) is 5.69 Å². The molecule has 0 spiro atoms. The molecular formula is C17H12FN5S. The number of thiazole rings is 1. The van der Waals surface area contributed by atoms with Crippen molar-refractivity contribution < 1.29 is 4.39 Å². The van der Waals surface area contributed by atoms with Crippen LogP contribution < -0.4 is 0 Å². The maximum atomic E-state index is 13.0. The summed E-state index contributed by atoms with van der Waals surface area (Å²) in [6, 6.07) is 16.0. The van der Waals surface area contributed by atoms with Crippen LogP contribution in [0.5, 0.6) is 0 Å². The van der Waals surface area contributed by atoms with Crippen molar-refractivity contribution in [3.05, 3.63) is 71.5 Å². The van der Waals surface area contributed by atoms with Crippen LogP contribution >= 0.6 is 11.3 Å². The Bertz CT molecular complexity index is 947. The fraction of sp³-hybridized carbons (Fsp3) is 0.0588. The Kier molecular flexibility index (Phi) is 3.84. The lowest BCUT2D eigenvalue weighted by atomic mass is 10.2. The standard InChI is InChI=1S/C17H12FN5S/c18-14-8-6-12(7-9-14)16-20-22-23(21-16)10-15-11-24-17(19-15)13-4-2-1-3-5-13/h1-9,11H,10H2. The van der Waals surface area contributed by atoms with Crippen LogP contribution in [0.2, 0.25) is 0 Å². The highest BCUT2D eigenvalue weighted by Gasteiger charge is 2.09. The van der Waals surface area contributed by atoms with Gasteiger partial charge in [0, 0.05) is 16.5 Å². The Hall–Kier alpha value is -2.93. The lowest BCUT2D eigenvalue weighted by Crippen LogP contribution is -2.04. The van der Waals surface area contributed by atoms with Crippen LogP contribution in [0.3, 0.4) is 0 Å². The van der Waals surface area contributed by atoms with Crippen molar-refractivity contribution in [2.24, 2.45) is 0 Å². The molecule has 118 valence electrons. The number of hydrogen-bond donors (Lipinski definition) is 0. The molecule has 0 unspecified atom stereocenters. The summed E-state index contributed by atoms with van der Waals surface area (Å²) in [5.74, 6) is 0.176. The van der Waals surface area contributed by atoms with E-state index < -0.39 is 0 Å². The number of halogens is 1. The van der Waals surface area contributed by atoms with Crippen LogP contribution in [0.25, 0.3) is 22.0 Å². The zero-order chi connectivity index (χ0) is 16.4. The summed E-state index contributed by atoms with van der Waals surface area (Å²) >= 11 is 1.58. The number of rotatable bonds is 4. The summed E-state index contributed by atoms with van der Waals surface area (Å²) in [5.41, 5.74) is 2.69. The molecule has 0 atom stereocenters. The Morgan fingerprint density at radius 1 is 0.958 bits per heavy atom. The molecule has 2 aromatic heterocycles. The summed E-state index contributed by atoms with van der Waals surface area (Å²) in [4.78, 5) is 6.10. The number of aromatic nitrogens is 5. The molecule has 24 heavy (non-hydrogen) atoms. The van der Waals surface area contributed by atoms with Crippen molar-refractivity contribution >= 4 is 11.3 Å². The second kappa shape index (κ2) is 6.29. The van der Waals surface area contributed by atoms with Gasteiger partial charge in [-0.2, -0.15) is 4.80 Å². The third-order valence-electron chi connectivity index (χ3n) is 3.43. The van der Waals surface area contributed by atoms with E-state index in [1.54, 1.807) is 23.5 Å². The topological polar surface area (TPSA) is 56.5 Å². The molecule has 0 N–H and O–H groups in total. The third-order valence-corrected chi connectivity index (χ3v) is 4.37. The lowest BCUT2D eigenvalue weighted by molar-refractivity contribution is 0.566. The molecule has 0 fully saturated rings. The van der Waals surface area contributed by atoms with Crippen LogP contribution in [-0.2, 0) is 6.54 Å². The van der Waals surface area contributed by atoms with Crippen LogP contribution in [0.4, 0.5) is 4.39 Å². The highest BCUT2D eigenvalue weighted by Crippen LogP contribution is 2.23. The first-order chi connectivity index (χ1) is 11.8. The Morgan fingerprint density at radius 2 is 1.75 bits per heavy atom. The van der Waals surface area contributed by atoms with Gasteiger partial charge in [-0.15, -0.1) is 21.5 Å². The largest absolute Gasteiger partial charge is 0.239 e. The van der Waals surface area contributed by atoms with Gasteiger partial charge in [-0.05, 0) is 29.5 Å². The van der Waals surface area contributed by atoms with E-state index in [9.17, 15) is 4.39 Å². The van der Waals surface area contributed by atoms with E-state index in [0.29, 0.717) is 12.4 Å². The van der Waals surface area contributed by atoms with Gasteiger partial charge >= 0.3 is 0 Å². The third kappa shape index (κ3) is 3.07. The first kappa shape index (κ1) is 14.6. The van der Waals surface area contributed by atoms with Gasteiger partial charge in [-0.1, -0.05) is 30.3 Å². The van der Waals surface area contributed by atoms with Crippen LogP contribution in [0, 0.1) is 5.82 Å². The summed E-state index contributed by atoms with van der Waals surface area (Å²) in [6.07, 6.45) is 0. The molecule has 0 aliphatic carbocycles. The van der Waals surface area contributed by atoms with Crippen molar-refractivity contribution in [1.29, 1.82) is 0 Å². The molecule has 7 heteroatoms. The van der Waals surface area contributed by atoms with E-state index in [1.165, 1.54) is 16.9 Å². The van der Waals surface area contributed by atoms with Gasteiger partial charge in [-0.25, -0.2) is 9.37 Å². The van der Waals surface area contributed by atoms with Crippen molar-refractivity contribution in [3.63, 3.8) is 0 Å². The van der Waals surface area contributed by atoms with E-state index in [4.69, 9.17) is 0 Å². The van der Waals surface area contributed by atoms with E-state index >= 15 is 0 Å². The molecular weight excluding hydrogens is 325 g/mol. The summed E-state index contributed by atoms with van der Waals surface area (Å²) in [5, 5.41) is 15.3. The maximum absolute atomic E-state index is 13.0. The Balaban J connectivity index is 1.52. The number of benzene rings is 2. The molecule has 0 radical (unpaired) electrons. The Morgan fingerprint density at radius 3 is 2.54 bits per heavy atom. The number of nitrogens with zero attached hydrogens (tertiary/aromatic N) is 5. The molecule has 0 aliphatic heterocycles. The van der Waals surface area contributed by atoms with E-state index in [-0.39, 0.29) is 5.82 Å². The number of tetrazole rings is 1. The maximum Gasteiger partial charge on any atom is 0.204 e. The minimum Gasteiger partial charge on any atom is -0.239 e. The Labute approximate surface area is 141 Å². The minimum absolute atomic E-state index is 0.290. The monoisotopic (exact) mass is 337 g/mol. The molecule has 2 aromatic carbocycles. The minimum atomic E-state index is -0.290. The quantitative estimate of drug-likeness (QED) is 0.570. The smallest absolute Gasteiger partial charge is 0.204 e. The molecule has 0 aliphatic rings. The second-order valence-corrected chi connectivity index (χ2v) is 6.02. The van der Waals surface area contributed by atoms with Gasteiger partial charge < -0.3 is 0 Å². The normalized spacial score (nSPS) is 10.9. The highest BCUT2D eigenvalue weighted by atomic mass is 32.1. The SMILES string of the molecule is Fc1ccc(-c2nnn(Cc3csc(-c4ccccc4)n3)n2)cc1. The average Bonchev–Trinajstić information content (AvgIpc) is 3.27. The molecule has 0 saturated heterocycles. The molecule has 0 amide bonds. The van der Waals surface area contributed by atoms with Gasteiger partial charge in [0.15, 0.2) is 0 Å². The average molecular weight is 337 g/mol. The molecule has 0 saturated carbocycles. The molecule has 4 aromatic rings. The van der Waals surface area contributed by atoms with Gasteiger partial charge in [0.25, 0.3) is 0 Å². The molecule has 2 heterocycles. The summed E-state index contributed by atoms with van der Waals surface area (Å²) in [6.45, 7) is 0.442. The molecule has 0 bridgehead atoms. The van der Waals surface area contributed by atoms with Crippen molar-refractivity contribution in [3.8, 4) is 22.0 Å². The zero-order valence-corrected chi connectivity index (χ0v) is 13.3. The van der Waals surface area contributed by atoms with E-state index in [0.717, 1.165) is 21.8 Å². The van der Waals surface area contributed by atoms with Gasteiger partial charge in [-0.3, -0.25) is 0 Å². The fourth-order valence-electron chi connectivity index (χ4n) is 2.26. The van der Waals surface area contributed by atoms with Crippen LogP contribution in [0.15, 0.2) is 60.0 Å². The van der Waals surface area contributed by atoms with Gasteiger partial charge in [0.2, 0.25) is 5.82 Å². The number of hydrogen-bond acceptors (Lipinski definition) is 5. The van der Waals surface area contributed by atoms with Crippen molar-refractivity contribution in [2.45, 2.75) is 6.54 Å². The predicted octanol–water partition coefficient (Wildman–Crippen LogP) is 3.65. The van der Waals surface area contributed by atoms with Crippen LogP contribution in [0.1, 0.15) is 5.69 Å².